The second-order valence-corrected chi connectivity index (χ2v) is 36.1. The smallest absolute Gasteiger partial charge is 0.357 e. The number of aromatic hydroxyl groups is 1. The highest BCUT2D eigenvalue weighted by Crippen LogP contribution is 2.62. The van der Waals surface area contributed by atoms with Crippen LogP contribution in [0.5, 0.6) is 5.75 Å². The number of phenols is 1. The summed E-state index contributed by atoms with van der Waals surface area (Å²) in [5.74, 6) is 1.42. The number of benzene rings is 8. The highest BCUT2D eigenvalue weighted by molar-refractivity contribution is 7.87. The number of oxime groups is 4. The van der Waals surface area contributed by atoms with Crippen molar-refractivity contribution in [2.45, 2.75) is 186 Å². The Morgan fingerprint density at radius 1 is 0.504 bits per heavy atom. The summed E-state index contributed by atoms with van der Waals surface area (Å²) in [5.41, 5.74) is 22.3. The van der Waals surface area contributed by atoms with E-state index in [1.807, 2.05) is 91.4 Å². The van der Waals surface area contributed by atoms with Crippen molar-refractivity contribution in [1.29, 1.82) is 0 Å². The predicted molar refractivity (Wildman–Crippen MR) is 445 cm³/mol. The lowest BCUT2D eigenvalue weighted by Gasteiger charge is -2.50. The van der Waals surface area contributed by atoms with Crippen LogP contribution in [0, 0.1) is 76.5 Å². The van der Waals surface area contributed by atoms with E-state index in [1.54, 1.807) is 45.0 Å². The van der Waals surface area contributed by atoms with Crippen LogP contribution in [-0.2, 0) is 93.7 Å². The van der Waals surface area contributed by atoms with Crippen molar-refractivity contribution in [1.82, 2.24) is 0 Å². The second-order valence-electron chi connectivity index (χ2n) is 32.6. The fourth-order valence-electron chi connectivity index (χ4n) is 16.4. The Morgan fingerprint density at radius 3 is 1.54 bits per heavy atom. The van der Waals surface area contributed by atoms with Crippen molar-refractivity contribution in [2.24, 2.45) is 73.8 Å². The van der Waals surface area contributed by atoms with E-state index in [1.165, 1.54) is 38.9 Å². The van der Waals surface area contributed by atoms with Crippen LogP contribution in [0.1, 0.15) is 193 Å². The molecule has 8 aromatic rings. The van der Waals surface area contributed by atoms with Crippen LogP contribution < -0.4 is 36.0 Å². The Labute approximate surface area is 673 Å². The third-order valence-corrected chi connectivity index (χ3v) is 24.6. The molecule has 8 aromatic carbocycles. The van der Waals surface area contributed by atoms with E-state index in [0.29, 0.717) is 92.3 Å². The topological polar surface area (TPSA) is 358 Å². The molecule has 0 aromatic heterocycles. The summed E-state index contributed by atoms with van der Waals surface area (Å²) in [6, 6.07) is 45.3. The van der Waals surface area contributed by atoms with Crippen molar-refractivity contribution in [3.05, 3.63) is 261 Å². The van der Waals surface area contributed by atoms with Gasteiger partial charge in [0.1, 0.15) is 45.5 Å². The van der Waals surface area contributed by atoms with Gasteiger partial charge in [-0.3, -0.25) is 42.7 Å². The molecule has 0 radical (unpaired) electrons. The number of phenolic OH excluding ortho intramolecular Hbond substituents is 1. The molecule has 28 heteroatoms. The van der Waals surface area contributed by atoms with E-state index in [9.17, 15) is 30.4 Å². The van der Waals surface area contributed by atoms with E-state index in [0.717, 1.165) is 146 Å². The van der Waals surface area contributed by atoms with Gasteiger partial charge in [0.05, 0.1) is 61.8 Å². The number of anilines is 2. The van der Waals surface area contributed by atoms with Gasteiger partial charge in [-0.15, -0.1) is 0 Å². The largest absolute Gasteiger partial charge is 0.508 e. The third kappa shape index (κ3) is 21.0. The molecule has 5 unspecified atom stereocenters. The monoisotopic (exact) mass is 1620 g/mol. The quantitative estimate of drug-likeness (QED) is 0.0249. The third-order valence-electron chi connectivity index (χ3n) is 23.1. The molecule has 608 valence electrons. The molecular formula is C87H103N11O14S3. The molecule has 0 amide bonds. The number of hydrogen-bond acceptors (Lipinski definition) is 20. The zero-order valence-corrected chi connectivity index (χ0v) is 69.9. The first-order chi connectivity index (χ1) is 54.4. The van der Waals surface area contributed by atoms with E-state index in [-0.39, 0.29) is 22.3 Å². The van der Waals surface area contributed by atoms with Crippen molar-refractivity contribution >= 4 is 65.1 Å². The molecule has 25 nitrogen and oxygen atoms in total. The average molecular weight is 1620 g/mol. The first-order valence-electron chi connectivity index (χ1n) is 38.6. The molecule has 115 heavy (non-hydrogen) atoms. The number of hydrogen-bond donors (Lipinski definition) is 6. The predicted octanol–water partition coefficient (Wildman–Crippen LogP) is 14.0. The highest BCUT2D eigenvalue weighted by atomic mass is 32.2. The van der Waals surface area contributed by atoms with Crippen molar-refractivity contribution in [2.75, 3.05) is 22.8 Å². The molecule has 0 bridgehead atoms. The Kier molecular flexibility index (Phi) is 25.5. The number of nitrogens with zero attached hydrogens (tertiary/aromatic N) is 8. The normalized spacial score (nSPS) is 20.9. The molecule has 7 aliphatic rings. The van der Waals surface area contributed by atoms with Crippen molar-refractivity contribution < 1.29 is 63.0 Å². The molecule has 2 fully saturated rings. The molecule has 2 heterocycles. The van der Waals surface area contributed by atoms with Crippen molar-refractivity contribution in [3.8, 4) is 5.75 Å². The standard InChI is InChI=1S/C28H34N4O4S.C21H26N2O4S.C21H25NO2.C17H18N4O4S/c1-16-10-20-19-8-9-28(3)23(5-7-27(28)36-37(29,33)34)21(19)13-25(22(20)11-17(16)2)32-35-14-18-4-6-24-26(12-18)31-15-30-24;1-14-5-7-16(8-6-14)13-27-22-20-18-12-19(23-28(24,25)26)15(2)11-17(18)9-10-21(20,3)4;1-14-5-7-16(8-6-14)13-24-22-20-18-12-19(23)15(2)11-17(18)9-10-21(20,3)4;1-11-7-14(4-6-15(11)21-26(22,23)24)12(2)20-25-9-13-3-5-16-17(8-13)19-10-18-16/h4,6,10-12,19,21,23,27H,5,7-9,13-15H2,1-3H3,(H2,29,33,34);5-8,11-12,23H,9-10,13H2,1-4H3,(H,24,25,26);5-8,11-12,23H,9-10,13H2,1-4H3;3-8,21H,9-10H2,1-2H3,(H,22,23,24)/b32-25+;;;20-12+. The number of aryl methyl sites for hydroxylation is 9. The summed E-state index contributed by atoms with van der Waals surface area (Å²) in [4.78, 5) is 39.9. The number of fused-ring (bicyclic) bond motifs is 9. The number of nitrogens with one attached hydrogen (secondary N) is 2. The van der Waals surface area contributed by atoms with Gasteiger partial charge in [-0.25, -0.2) is 5.14 Å². The summed E-state index contributed by atoms with van der Waals surface area (Å²) in [7, 11) is -12.6. The lowest BCUT2D eigenvalue weighted by Crippen LogP contribution is -2.46. The lowest BCUT2D eigenvalue weighted by atomic mass is 9.55. The van der Waals surface area contributed by atoms with Gasteiger partial charge in [-0.1, -0.05) is 151 Å². The zero-order valence-electron chi connectivity index (χ0n) is 67.4. The first kappa shape index (κ1) is 84.3. The van der Waals surface area contributed by atoms with Crippen LogP contribution in [0.3, 0.4) is 0 Å². The first-order valence-corrected chi connectivity index (χ1v) is 42.9. The van der Waals surface area contributed by atoms with Crippen LogP contribution in [0.2, 0.25) is 0 Å². The molecule has 2 aliphatic heterocycles. The summed E-state index contributed by atoms with van der Waals surface area (Å²) in [6.07, 6.45) is 7.79. The summed E-state index contributed by atoms with van der Waals surface area (Å²) < 4.78 is 95.6. The second kappa shape index (κ2) is 34.8. The van der Waals surface area contributed by atoms with Gasteiger partial charge < -0.3 is 24.5 Å². The van der Waals surface area contributed by atoms with Crippen LogP contribution in [0.15, 0.2) is 180 Å². The molecule has 7 N–H and O–H groups in total. The van der Waals surface area contributed by atoms with Gasteiger partial charge in [-0.05, 0) is 263 Å². The SMILES string of the molecule is C/C(=N\OCc1ccc2c(c1)=NCN=2)c1ccc(NS(=O)(=O)O)c(C)c1.Cc1cc2c(cc1C)C1CCC3(C)C(OS(N)(=O)=O)CCC3C1C/C2=N\OCc1ccc2c(c1)=NCN=2.Cc1ccc(CON=C2c3cc(NS(=O)(=O)O)c(C)cc3CCC2(C)C)cc1.Cc1ccc(CON=C2c3cc(O)c(C)cc3CCC2(C)C)cc1. The van der Waals surface area contributed by atoms with Gasteiger partial charge in [0.2, 0.25) is 0 Å². The molecule has 0 spiro atoms. The lowest BCUT2D eigenvalue weighted by molar-refractivity contribution is -0.00262. The summed E-state index contributed by atoms with van der Waals surface area (Å²) in [6.45, 7) is 28.9. The molecule has 0 saturated heterocycles. The van der Waals surface area contributed by atoms with Gasteiger partial charge in [0.15, 0.2) is 0 Å². The van der Waals surface area contributed by atoms with Gasteiger partial charge in [0.25, 0.3) is 0 Å². The Morgan fingerprint density at radius 2 is 0.991 bits per heavy atom. The maximum absolute atomic E-state index is 11.8. The van der Waals surface area contributed by atoms with E-state index < -0.39 is 30.9 Å². The maximum Gasteiger partial charge on any atom is 0.357 e. The van der Waals surface area contributed by atoms with E-state index >= 15 is 0 Å². The van der Waals surface area contributed by atoms with Gasteiger partial charge in [0, 0.05) is 27.5 Å². The highest BCUT2D eigenvalue weighted by Gasteiger charge is 2.57. The van der Waals surface area contributed by atoms with Crippen LogP contribution in [0.4, 0.5) is 11.4 Å². The fourth-order valence-corrected chi connectivity index (χ4v) is 18.0. The zero-order chi connectivity index (χ0) is 82.5. The van der Waals surface area contributed by atoms with Crippen LogP contribution >= 0.6 is 0 Å². The molecule has 15 rings (SSSR count). The minimum Gasteiger partial charge on any atom is -0.508 e. The Hall–Kier alpha value is -10.1. The maximum atomic E-state index is 11.8. The van der Waals surface area contributed by atoms with Gasteiger partial charge >= 0.3 is 30.9 Å². The van der Waals surface area contributed by atoms with Crippen LogP contribution in [-0.4, -0.2) is 81.8 Å². The van der Waals surface area contributed by atoms with Crippen LogP contribution in [0.25, 0.3) is 0 Å². The number of nitrogens with two attached hydrogens (primary N) is 1. The van der Waals surface area contributed by atoms with Gasteiger partial charge in [-0.2, -0.15) is 25.3 Å². The minimum atomic E-state index is -4.35. The average Bonchev–Trinajstić information content (AvgIpc) is 1.65. The molecule has 5 atom stereocenters. The minimum absolute atomic E-state index is 0.0675. The van der Waals surface area contributed by atoms with E-state index in [2.05, 4.69) is 138 Å². The molecule has 2 saturated carbocycles. The molecular weight excluding hydrogens is 1520 g/mol. The van der Waals surface area contributed by atoms with Crippen molar-refractivity contribution in [3.63, 3.8) is 0 Å². The Bertz CT molecular complexity index is 5800. The summed E-state index contributed by atoms with van der Waals surface area (Å²) >= 11 is 0. The summed E-state index contributed by atoms with van der Waals surface area (Å²) in [5, 5.41) is 36.7. The Balaban J connectivity index is 0.000000144. The fraction of sp³-hybridized carbons (Fsp3) is 0.402. The molecule has 5 aliphatic carbocycles. The number of rotatable bonds is 19. The van der Waals surface area contributed by atoms with E-state index in [4.69, 9.17) is 42.9 Å².